The molecule has 1 aromatic rings. The summed E-state index contributed by atoms with van der Waals surface area (Å²) in [6.45, 7) is 8.70. The molecule has 1 atom stereocenters. The van der Waals surface area contributed by atoms with Gasteiger partial charge in [-0.1, -0.05) is 31.9 Å². The number of rotatable bonds is 14. The van der Waals surface area contributed by atoms with Crippen LogP contribution >= 0.6 is 0 Å². The van der Waals surface area contributed by atoms with Crippen molar-refractivity contribution in [2.24, 2.45) is 5.92 Å². The van der Waals surface area contributed by atoms with Gasteiger partial charge in [-0.05, 0) is 51.3 Å². The minimum Gasteiger partial charge on any atom is -0.491 e. The van der Waals surface area contributed by atoms with E-state index in [1.54, 1.807) is 6.92 Å². The van der Waals surface area contributed by atoms with Gasteiger partial charge in [-0.25, -0.2) is 0 Å². The molecule has 0 aliphatic rings. The van der Waals surface area contributed by atoms with Crippen molar-refractivity contribution < 1.29 is 23.9 Å². The van der Waals surface area contributed by atoms with Gasteiger partial charge in [0, 0.05) is 13.1 Å². The second-order valence-corrected chi connectivity index (χ2v) is 7.41. The third-order valence-corrected chi connectivity index (χ3v) is 4.38. The van der Waals surface area contributed by atoms with E-state index in [9.17, 15) is 14.4 Å². The molecule has 0 saturated carbocycles. The Hall–Kier alpha value is -2.57. The fraction of sp³-hybridized carbons (Fsp3) is 0.609. The van der Waals surface area contributed by atoms with Crippen LogP contribution in [0, 0.1) is 5.92 Å². The number of nitrogens with one attached hydrogen (secondary N) is 2. The molecule has 0 heterocycles. The van der Waals surface area contributed by atoms with Gasteiger partial charge < -0.3 is 20.1 Å². The van der Waals surface area contributed by atoms with Crippen LogP contribution in [0.2, 0.25) is 0 Å². The predicted octanol–water partition coefficient (Wildman–Crippen LogP) is 3.01. The molecule has 2 N–H and O–H groups in total. The maximum Gasteiger partial charge on any atom is 0.307 e. The van der Waals surface area contributed by atoms with Gasteiger partial charge >= 0.3 is 5.97 Å². The molecule has 1 unspecified atom stereocenters. The van der Waals surface area contributed by atoms with Crippen LogP contribution in [0.1, 0.15) is 58.9 Å². The first-order valence-corrected chi connectivity index (χ1v) is 10.8. The quantitative estimate of drug-likeness (QED) is 0.274. The largest absolute Gasteiger partial charge is 0.491 e. The van der Waals surface area contributed by atoms with Gasteiger partial charge in [0.25, 0.3) is 0 Å². The molecule has 7 nitrogen and oxygen atoms in total. The van der Waals surface area contributed by atoms with Crippen molar-refractivity contribution in [1.82, 2.24) is 10.6 Å². The second kappa shape index (κ2) is 14.4. The van der Waals surface area contributed by atoms with E-state index in [-0.39, 0.29) is 37.4 Å². The highest BCUT2D eigenvalue weighted by Gasteiger charge is 2.26. The van der Waals surface area contributed by atoms with Crippen molar-refractivity contribution in [3.8, 4) is 5.75 Å². The topological polar surface area (TPSA) is 93.7 Å². The highest BCUT2D eigenvalue weighted by molar-refractivity contribution is 6.00. The summed E-state index contributed by atoms with van der Waals surface area (Å²) in [7, 11) is 0. The van der Waals surface area contributed by atoms with E-state index in [1.807, 2.05) is 38.1 Å². The van der Waals surface area contributed by atoms with Gasteiger partial charge in [-0.3, -0.25) is 14.4 Å². The van der Waals surface area contributed by atoms with Gasteiger partial charge in [0.05, 0.1) is 19.1 Å². The molecule has 0 bridgehead atoms. The third-order valence-electron chi connectivity index (χ3n) is 4.38. The summed E-state index contributed by atoms with van der Waals surface area (Å²) in [5, 5.41) is 5.55. The van der Waals surface area contributed by atoms with Gasteiger partial charge in [-0.2, -0.15) is 0 Å². The van der Waals surface area contributed by atoms with E-state index in [2.05, 4.69) is 17.6 Å². The molecule has 1 rings (SSSR count). The van der Waals surface area contributed by atoms with Crippen molar-refractivity contribution in [3.63, 3.8) is 0 Å². The summed E-state index contributed by atoms with van der Waals surface area (Å²) in [5.74, 6) is -1.20. The number of ether oxygens (including phenoxy) is 2. The lowest BCUT2D eigenvalue weighted by Gasteiger charge is -2.17. The summed E-state index contributed by atoms with van der Waals surface area (Å²) in [6, 6.07) is 7.40. The maximum atomic E-state index is 12.7. The molecule has 2 amide bonds. The molecule has 0 fully saturated rings. The van der Waals surface area contributed by atoms with Crippen LogP contribution in [-0.4, -0.2) is 43.6 Å². The van der Waals surface area contributed by atoms with Crippen molar-refractivity contribution in [1.29, 1.82) is 0 Å². The molecule has 168 valence electrons. The van der Waals surface area contributed by atoms with E-state index in [1.165, 1.54) is 0 Å². The fourth-order valence-electron chi connectivity index (χ4n) is 2.87. The molecule has 0 saturated heterocycles. The standard InChI is InChI=1S/C23H36N2O5/c1-5-7-8-14-24-22(27)20(23(28)25-15-13-21(26)29-6-2)16-18-9-11-19(12-10-18)30-17(3)4/h9-12,17,20H,5-8,13-16H2,1-4H3,(H,24,27)(H,25,28). The molecule has 30 heavy (non-hydrogen) atoms. The molecule has 0 radical (unpaired) electrons. The Morgan fingerprint density at radius 1 is 0.933 bits per heavy atom. The second-order valence-electron chi connectivity index (χ2n) is 7.41. The van der Waals surface area contributed by atoms with Crippen LogP contribution in [0.3, 0.4) is 0 Å². The number of esters is 1. The smallest absolute Gasteiger partial charge is 0.307 e. The van der Waals surface area contributed by atoms with Gasteiger partial charge in [-0.15, -0.1) is 0 Å². The average molecular weight is 421 g/mol. The van der Waals surface area contributed by atoms with E-state index in [0.29, 0.717) is 13.2 Å². The summed E-state index contributed by atoms with van der Waals surface area (Å²) in [5.41, 5.74) is 0.861. The summed E-state index contributed by atoms with van der Waals surface area (Å²) < 4.78 is 10.5. The zero-order valence-corrected chi connectivity index (χ0v) is 18.7. The minimum atomic E-state index is -0.870. The van der Waals surface area contributed by atoms with E-state index in [4.69, 9.17) is 9.47 Å². The summed E-state index contributed by atoms with van der Waals surface area (Å²) in [6.07, 6.45) is 3.37. The van der Waals surface area contributed by atoms with Crippen LogP contribution < -0.4 is 15.4 Å². The Labute approximate surface area is 179 Å². The van der Waals surface area contributed by atoms with E-state index >= 15 is 0 Å². The van der Waals surface area contributed by atoms with Crippen LogP contribution in [0.25, 0.3) is 0 Å². The fourth-order valence-corrected chi connectivity index (χ4v) is 2.87. The number of unbranched alkanes of at least 4 members (excludes halogenated alkanes) is 2. The van der Waals surface area contributed by atoms with Crippen molar-refractivity contribution in [2.45, 2.75) is 65.9 Å². The van der Waals surface area contributed by atoms with E-state index in [0.717, 1.165) is 30.6 Å². The molecule has 1 aromatic carbocycles. The lowest BCUT2D eigenvalue weighted by Crippen LogP contribution is -2.43. The predicted molar refractivity (Wildman–Crippen MR) is 116 cm³/mol. The van der Waals surface area contributed by atoms with Crippen LogP contribution in [0.4, 0.5) is 0 Å². The molecule has 7 heteroatoms. The normalized spacial score (nSPS) is 11.6. The summed E-state index contributed by atoms with van der Waals surface area (Å²) >= 11 is 0. The van der Waals surface area contributed by atoms with Crippen LogP contribution in [0.5, 0.6) is 5.75 Å². The average Bonchev–Trinajstić information content (AvgIpc) is 2.70. The summed E-state index contributed by atoms with van der Waals surface area (Å²) in [4.78, 5) is 36.8. The molecular formula is C23H36N2O5. The lowest BCUT2D eigenvalue weighted by molar-refractivity contribution is -0.143. The Bertz CT molecular complexity index is 658. The molecule has 0 aliphatic heterocycles. The molecule has 0 aromatic heterocycles. The number of carbonyl (C=O) groups is 3. The Morgan fingerprint density at radius 3 is 2.13 bits per heavy atom. The number of carbonyl (C=O) groups excluding carboxylic acids is 3. The van der Waals surface area contributed by atoms with Crippen molar-refractivity contribution in [3.05, 3.63) is 29.8 Å². The van der Waals surface area contributed by atoms with Gasteiger partial charge in [0.2, 0.25) is 11.8 Å². The monoisotopic (exact) mass is 420 g/mol. The Balaban J connectivity index is 2.74. The number of hydrogen-bond acceptors (Lipinski definition) is 5. The lowest BCUT2D eigenvalue weighted by atomic mass is 9.97. The first-order chi connectivity index (χ1) is 14.4. The zero-order chi connectivity index (χ0) is 22.4. The number of amides is 2. The zero-order valence-electron chi connectivity index (χ0n) is 18.7. The minimum absolute atomic E-state index is 0.0719. The first-order valence-electron chi connectivity index (χ1n) is 10.8. The molecular weight excluding hydrogens is 384 g/mol. The van der Waals surface area contributed by atoms with E-state index < -0.39 is 11.8 Å². The maximum absolute atomic E-state index is 12.7. The molecule has 0 spiro atoms. The van der Waals surface area contributed by atoms with Gasteiger partial charge in [0.1, 0.15) is 11.7 Å². The highest BCUT2D eigenvalue weighted by atomic mass is 16.5. The highest BCUT2D eigenvalue weighted by Crippen LogP contribution is 2.17. The Kier molecular flexibility index (Phi) is 12.2. The van der Waals surface area contributed by atoms with Crippen molar-refractivity contribution in [2.75, 3.05) is 19.7 Å². The third kappa shape index (κ3) is 10.3. The Morgan fingerprint density at radius 2 is 1.57 bits per heavy atom. The van der Waals surface area contributed by atoms with Crippen LogP contribution in [-0.2, 0) is 25.5 Å². The van der Waals surface area contributed by atoms with Crippen molar-refractivity contribution >= 4 is 17.8 Å². The molecule has 0 aliphatic carbocycles. The first kappa shape index (κ1) is 25.5. The number of benzene rings is 1. The van der Waals surface area contributed by atoms with Crippen LogP contribution in [0.15, 0.2) is 24.3 Å². The van der Waals surface area contributed by atoms with Gasteiger partial charge in [0.15, 0.2) is 0 Å². The number of hydrogen-bond donors (Lipinski definition) is 2. The SMILES string of the molecule is CCCCCNC(=O)C(Cc1ccc(OC(C)C)cc1)C(=O)NCCC(=O)OCC.